The minimum absolute atomic E-state index is 0.297. The number of amides is 2. The second kappa shape index (κ2) is 10.4. The Bertz CT molecular complexity index is 1010. The summed E-state index contributed by atoms with van der Waals surface area (Å²) in [5.74, 6) is 0.662. The zero-order valence-corrected chi connectivity index (χ0v) is 19.1. The molecular formula is C23H27N3O5S. The topological polar surface area (TPSA) is 114 Å². The van der Waals surface area contributed by atoms with Gasteiger partial charge in [-0.15, -0.1) is 0 Å². The maximum Gasteiger partial charge on any atom is 0.313 e. The second-order valence-electron chi connectivity index (χ2n) is 7.96. The lowest BCUT2D eigenvalue weighted by Crippen LogP contribution is -2.48. The molecule has 1 aromatic heterocycles. The first-order valence-corrected chi connectivity index (χ1v) is 11.2. The van der Waals surface area contributed by atoms with Crippen LogP contribution in [0, 0.1) is 0 Å². The summed E-state index contributed by atoms with van der Waals surface area (Å²) >= 11 is 1.75. The van der Waals surface area contributed by atoms with Gasteiger partial charge in [0.05, 0.1) is 18.9 Å². The van der Waals surface area contributed by atoms with Gasteiger partial charge in [0.25, 0.3) is 0 Å². The van der Waals surface area contributed by atoms with Crippen LogP contribution in [-0.2, 0) is 9.59 Å². The number of aromatic nitrogens is 1. The molecule has 1 aromatic carbocycles. The summed E-state index contributed by atoms with van der Waals surface area (Å²) in [4.78, 5) is 28.7. The van der Waals surface area contributed by atoms with E-state index in [4.69, 9.17) is 9.15 Å². The molecule has 1 aliphatic carbocycles. The lowest BCUT2D eigenvalue weighted by Gasteiger charge is -2.26. The van der Waals surface area contributed by atoms with Crippen molar-refractivity contribution in [2.75, 3.05) is 18.2 Å². The molecule has 3 N–H and O–H groups in total. The zero-order valence-electron chi connectivity index (χ0n) is 18.3. The number of carbonyl (C=O) groups excluding carboxylic acids is 2. The van der Waals surface area contributed by atoms with E-state index in [1.807, 2.05) is 19.9 Å². The van der Waals surface area contributed by atoms with Crippen LogP contribution in [0.4, 0.5) is 5.69 Å². The number of methoxy groups -OCH3 is 1. The number of aliphatic hydroxyl groups is 1. The molecule has 9 heteroatoms. The standard InChI is InChI=1S/C23H27N3O5S/c1-23(2,10-11-32-17-7-5-16(27)6-8-17)26-22(29)21(28)25-15-4-9-18(19(12-15)30-3)20-13-24-14-31-20/h4-7,9,12-14,17,27H,8,10-11H2,1-3H3,(H,25,28)(H,26,29). The quantitative estimate of drug-likeness (QED) is 0.512. The van der Waals surface area contributed by atoms with E-state index in [0.717, 1.165) is 12.2 Å². The average molecular weight is 458 g/mol. The van der Waals surface area contributed by atoms with Gasteiger partial charge in [-0.3, -0.25) is 9.59 Å². The molecule has 1 unspecified atom stereocenters. The normalized spacial score (nSPS) is 15.7. The number of oxazole rings is 1. The van der Waals surface area contributed by atoms with Crippen molar-refractivity contribution in [2.45, 2.75) is 37.5 Å². The van der Waals surface area contributed by atoms with E-state index in [9.17, 15) is 14.7 Å². The molecule has 0 fully saturated rings. The predicted octanol–water partition coefficient (Wildman–Crippen LogP) is 4.08. The molecule has 0 aliphatic heterocycles. The van der Waals surface area contributed by atoms with E-state index >= 15 is 0 Å². The smallest absolute Gasteiger partial charge is 0.313 e. The third kappa shape index (κ3) is 6.40. The van der Waals surface area contributed by atoms with E-state index in [-0.39, 0.29) is 0 Å². The van der Waals surface area contributed by atoms with Crippen molar-refractivity contribution >= 4 is 29.3 Å². The van der Waals surface area contributed by atoms with Gasteiger partial charge in [0.2, 0.25) is 0 Å². The van der Waals surface area contributed by atoms with Crippen LogP contribution in [0.25, 0.3) is 11.3 Å². The molecule has 32 heavy (non-hydrogen) atoms. The highest BCUT2D eigenvalue weighted by atomic mass is 32.2. The molecule has 0 spiro atoms. The molecule has 170 valence electrons. The highest BCUT2D eigenvalue weighted by Crippen LogP contribution is 2.32. The van der Waals surface area contributed by atoms with Crippen molar-refractivity contribution < 1.29 is 23.8 Å². The van der Waals surface area contributed by atoms with Crippen LogP contribution >= 0.6 is 11.8 Å². The van der Waals surface area contributed by atoms with Crippen molar-refractivity contribution in [3.63, 3.8) is 0 Å². The maximum absolute atomic E-state index is 12.4. The molecule has 0 radical (unpaired) electrons. The zero-order chi connectivity index (χ0) is 23.1. The number of allylic oxidation sites excluding steroid dienone is 2. The molecule has 1 aliphatic rings. The maximum atomic E-state index is 12.4. The SMILES string of the molecule is COc1cc(NC(=O)C(=O)NC(C)(C)CCSC2C=CC(O)=CC2)ccc1-c1cnco1. The fourth-order valence-electron chi connectivity index (χ4n) is 3.11. The number of carbonyl (C=O) groups is 2. The van der Waals surface area contributed by atoms with Gasteiger partial charge in [0.1, 0.15) is 11.5 Å². The van der Waals surface area contributed by atoms with Crippen molar-refractivity contribution in [1.82, 2.24) is 10.3 Å². The summed E-state index contributed by atoms with van der Waals surface area (Å²) in [6.45, 7) is 3.77. The Balaban J connectivity index is 1.51. The largest absolute Gasteiger partial charge is 0.508 e. The number of aliphatic hydroxyl groups excluding tert-OH is 1. The van der Waals surface area contributed by atoms with Gasteiger partial charge in [-0.2, -0.15) is 11.8 Å². The Kier molecular flexibility index (Phi) is 7.63. The van der Waals surface area contributed by atoms with Crippen molar-refractivity contribution in [3.05, 3.63) is 54.8 Å². The number of ether oxygens (including phenoxy) is 1. The molecule has 0 saturated heterocycles. The van der Waals surface area contributed by atoms with Gasteiger partial charge >= 0.3 is 11.8 Å². The highest BCUT2D eigenvalue weighted by Gasteiger charge is 2.25. The molecule has 2 aromatic rings. The first kappa shape index (κ1) is 23.5. The van der Waals surface area contributed by atoms with Crippen molar-refractivity contribution in [3.8, 4) is 17.1 Å². The summed E-state index contributed by atoms with van der Waals surface area (Å²) in [6.07, 6.45) is 9.82. The van der Waals surface area contributed by atoms with Crippen molar-refractivity contribution in [1.29, 1.82) is 0 Å². The van der Waals surface area contributed by atoms with E-state index in [0.29, 0.717) is 40.2 Å². The lowest BCUT2D eigenvalue weighted by molar-refractivity contribution is -0.137. The molecule has 1 atom stereocenters. The molecule has 8 nitrogen and oxygen atoms in total. The number of anilines is 1. The Labute approximate surface area is 191 Å². The summed E-state index contributed by atoms with van der Waals surface area (Å²) in [5, 5.41) is 15.1. The number of thioether (sulfide) groups is 1. The lowest BCUT2D eigenvalue weighted by atomic mass is 10.0. The van der Waals surface area contributed by atoms with Crippen LogP contribution in [0.3, 0.4) is 0 Å². The van der Waals surface area contributed by atoms with Gasteiger partial charge in [-0.05, 0) is 56.7 Å². The van der Waals surface area contributed by atoms with Gasteiger partial charge < -0.3 is 24.9 Å². The summed E-state index contributed by atoms with van der Waals surface area (Å²) in [5.41, 5.74) is 0.564. The number of rotatable bonds is 8. The van der Waals surface area contributed by atoms with Gasteiger partial charge in [-0.1, -0.05) is 6.08 Å². The Morgan fingerprint density at radius 1 is 1.34 bits per heavy atom. The van der Waals surface area contributed by atoms with Crippen molar-refractivity contribution in [2.24, 2.45) is 0 Å². The van der Waals surface area contributed by atoms with Gasteiger partial charge in [0.15, 0.2) is 12.2 Å². The van der Waals surface area contributed by atoms with E-state index in [1.54, 1.807) is 48.3 Å². The van der Waals surface area contributed by atoms with E-state index < -0.39 is 17.4 Å². The van der Waals surface area contributed by atoms with Crippen LogP contribution in [0.2, 0.25) is 0 Å². The molecule has 0 bridgehead atoms. The number of hydrogen-bond acceptors (Lipinski definition) is 7. The predicted molar refractivity (Wildman–Crippen MR) is 125 cm³/mol. The third-order valence-corrected chi connectivity index (χ3v) is 6.13. The minimum atomic E-state index is -0.754. The Hall–Kier alpha value is -3.20. The van der Waals surface area contributed by atoms with Crippen LogP contribution in [0.5, 0.6) is 5.75 Å². The minimum Gasteiger partial charge on any atom is -0.508 e. The third-order valence-electron chi connectivity index (χ3n) is 4.92. The van der Waals surface area contributed by atoms with Gasteiger partial charge in [-0.25, -0.2) is 4.98 Å². The van der Waals surface area contributed by atoms with Gasteiger partial charge in [0, 0.05) is 22.5 Å². The number of benzene rings is 1. The number of hydrogen-bond donors (Lipinski definition) is 3. The monoisotopic (exact) mass is 457 g/mol. The second-order valence-corrected chi connectivity index (χ2v) is 9.30. The number of nitrogens with zero attached hydrogens (tertiary/aromatic N) is 1. The van der Waals surface area contributed by atoms with E-state index in [2.05, 4.69) is 15.6 Å². The fraction of sp³-hybridized carbons (Fsp3) is 0.348. The van der Waals surface area contributed by atoms with Crippen LogP contribution in [-0.4, -0.2) is 45.6 Å². The summed E-state index contributed by atoms with van der Waals surface area (Å²) in [7, 11) is 1.51. The first-order valence-electron chi connectivity index (χ1n) is 10.2. The Morgan fingerprint density at radius 2 is 2.16 bits per heavy atom. The van der Waals surface area contributed by atoms with Crippen LogP contribution < -0.4 is 15.4 Å². The van der Waals surface area contributed by atoms with Crippen LogP contribution in [0.1, 0.15) is 26.7 Å². The average Bonchev–Trinajstić information content (AvgIpc) is 3.29. The summed E-state index contributed by atoms with van der Waals surface area (Å²) < 4.78 is 10.7. The Morgan fingerprint density at radius 3 is 2.81 bits per heavy atom. The number of nitrogens with one attached hydrogen (secondary N) is 2. The van der Waals surface area contributed by atoms with Crippen LogP contribution in [0.15, 0.2) is 59.2 Å². The molecule has 1 heterocycles. The molecule has 2 amide bonds. The molecule has 0 saturated carbocycles. The fourth-order valence-corrected chi connectivity index (χ4v) is 4.47. The molecular weight excluding hydrogens is 430 g/mol. The van der Waals surface area contributed by atoms with E-state index in [1.165, 1.54) is 13.5 Å². The highest BCUT2D eigenvalue weighted by molar-refractivity contribution is 8.00. The first-order chi connectivity index (χ1) is 15.3. The molecule has 3 rings (SSSR count). The summed E-state index contributed by atoms with van der Waals surface area (Å²) in [6, 6.07) is 5.01.